The summed E-state index contributed by atoms with van der Waals surface area (Å²) in [6.07, 6.45) is 8.03. The number of aromatic nitrogens is 4. The van der Waals surface area contributed by atoms with Crippen LogP contribution in [0.25, 0.3) is 0 Å². The second-order valence-corrected chi connectivity index (χ2v) is 8.33. The Labute approximate surface area is 174 Å². The molecule has 2 aromatic rings. The molecule has 4 rings (SSSR count). The van der Waals surface area contributed by atoms with Crippen LogP contribution in [-0.2, 0) is 6.54 Å². The molecule has 0 bridgehead atoms. The van der Waals surface area contributed by atoms with Crippen LogP contribution in [0.1, 0.15) is 62.9 Å². The number of piperazine rings is 1. The fourth-order valence-corrected chi connectivity index (χ4v) is 4.93. The lowest BCUT2D eigenvalue weighted by molar-refractivity contribution is 0.0516. The van der Waals surface area contributed by atoms with Gasteiger partial charge in [0.05, 0.1) is 19.7 Å². The first-order valence-corrected chi connectivity index (χ1v) is 11.2. The van der Waals surface area contributed by atoms with Gasteiger partial charge >= 0.3 is 0 Å². The van der Waals surface area contributed by atoms with Gasteiger partial charge in [0.2, 0.25) is 0 Å². The molecule has 29 heavy (non-hydrogen) atoms. The van der Waals surface area contributed by atoms with Crippen LogP contribution in [0.3, 0.4) is 0 Å². The van der Waals surface area contributed by atoms with E-state index in [9.17, 15) is 0 Å². The van der Waals surface area contributed by atoms with E-state index >= 15 is 0 Å². The Morgan fingerprint density at radius 2 is 1.76 bits per heavy atom. The predicted molar refractivity (Wildman–Crippen MR) is 113 cm³/mol. The molecular weight excluding hydrogens is 364 g/mol. The molecule has 1 aromatic carbocycles. The monoisotopic (exact) mass is 398 g/mol. The molecule has 2 heterocycles. The normalized spacial score (nSPS) is 20.6. The zero-order valence-corrected chi connectivity index (χ0v) is 17.8. The lowest BCUT2D eigenvalue weighted by Gasteiger charge is -2.42. The summed E-state index contributed by atoms with van der Waals surface area (Å²) in [7, 11) is 1.69. The van der Waals surface area contributed by atoms with Crippen molar-refractivity contribution in [3.63, 3.8) is 0 Å². The molecule has 1 aliphatic carbocycles. The molecule has 1 saturated carbocycles. The molecule has 1 saturated heterocycles. The average Bonchev–Trinajstić information content (AvgIpc) is 3.24. The van der Waals surface area contributed by atoms with Crippen molar-refractivity contribution in [3.8, 4) is 5.75 Å². The molecule has 7 heteroatoms. The summed E-state index contributed by atoms with van der Waals surface area (Å²) in [5.74, 6) is 1.85. The lowest BCUT2D eigenvalue weighted by Crippen LogP contribution is -2.51. The summed E-state index contributed by atoms with van der Waals surface area (Å²) >= 11 is 0. The highest BCUT2D eigenvalue weighted by Gasteiger charge is 2.30. The Morgan fingerprint density at radius 3 is 2.41 bits per heavy atom. The van der Waals surface area contributed by atoms with Crippen LogP contribution >= 0.6 is 0 Å². The van der Waals surface area contributed by atoms with Crippen molar-refractivity contribution in [2.75, 3.05) is 33.3 Å². The van der Waals surface area contributed by atoms with E-state index in [2.05, 4.69) is 44.4 Å². The van der Waals surface area contributed by atoms with E-state index in [0.717, 1.165) is 37.1 Å². The van der Waals surface area contributed by atoms with Crippen LogP contribution in [-0.4, -0.2) is 69.3 Å². The molecule has 0 amide bonds. The SMILES string of the molecule is CC[C@H](c1nnnn1Cc1ccc(OC)cc1)N1CCN(C2CCCCC2)CC1. The molecule has 1 aromatic heterocycles. The minimum absolute atomic E-state index is 0.275. The molecule has 2 fully saturated rings. The van der Waals surface area contributed by atoms with E-state index in [1.807, 2.05) is 16.8 Å². The maximum absolute atomic E-state index is 5.26. The summed E-state index contributed by atoms with van der Waals surface area (Å²) in [5.41, 5.74) is 1.18. The summed E-state index contributed by atoms with van der Waals surface area (Å²) < 4.78 is 7.22. The van der Waals surface area contributed by atoms with Crippen LogP contribution in [0.5, 0.6) is 5.75 Å². The summed E-state index contributed by atoms with van der Waals surface area (Å²) in [6, 6.07) is 9.22. The van der Waals surface area contributed by atoms with Crippen molar-refractivity contribution in [1.29, 1.82) is 0 Å². The third-order valence-corrected chi connectivity index (χ3v) is 6.62. The number of benzene rings is 1. The molecule has 2 aliphatic rings. The second kappa shape index (κ2) is 9.67. The molecule has 7 nitrogen and oxygen atoms in total. The minimum atomic E-state index is 0.275. The second-order valence-electron chi connectivity index (χ2n) is 8.33. The maximum atomic E-state index is 5.26. The molecule has 0 spiro atoms. The summed E-state index contributed by atoms with van der Waals surface area (Å²) in [4.78, 5) is 5.30. The number of rotatable bonds is 7. The van der Waals surface area contributed by atoms with E-state index in [1.165, 1.54) is 50.8 Å². The molecule has 1 atom stereocenters. The van der Waals surface area contributed by atoms with Crippen LogP contribution < -0.4 is 4.74 Å². The molecule has 0 unspecified atom stereocenters. The predicted octanol–water partition coefficient (Wildman–Crippen LogP) is 3.13. The Kier molecular flexibility index (Phi) is 6.77. The van der Waals surface area contributed by atoms with E-state index in [-0.39, 0.29) is 6.04 Å². The van der Waals surface area contributed by atoms with E-state index < -0.39 is 0 Å². The maximum Gasteiger partial charge on any atom is 0.168 e. The first-order chi connectivity index (χ1) is 14.3. The topological polar surface area (TPSA) is 59.3 Å². The van der Waals surface area contributed by atoms with E-state index in [1.54, 1.807) is 7.11 Å². The summed E-state index contributed by atoms with van der Waals surface area (Å²) in [5, 5.41) is 12.7. The van der Waals surface area contributed by atoms with Gasteiger partial charge in [-0.3, -0.25) is 9.80 Å². The minimum Gasteiger partial charge on any atom is -0.497 e. The zero-order chi connectivity index (χ0) is 20.1. The Morgan fingerprint density at radius 1 is 1.03 bits per heavy atom. The van der Waals surface area contributed by atoms with E-state index in [0.29, 0.717) is 6.54 Å². The molecule has 0 N–H and O–H groups in total. The van der Waals surface area contributed by atoms with Crippen molar-refractivity contribution < 1.29 is 4.74 Å². The lowest BCUT2D eigenvalue weighted by atomic mass is 9.93. The highest BCUT2D eigenvalue weighted by atomic mass is 16.5. The van der Waals surface area contributed by atoms with Crippen LogP contribution in [0.15, 0.2) is 24.3 Å². The summed E-state index contributed by atoms with van der Waals surface area (Å²) in [6.45, 7) is 7.46. The number of nitrogens with zero attached hydrogens (tertiary/aromatic N) is 6. The average molecular weight is 399 g/mol. The Hall–Kier alpha value is -1.99. The zero-order valence-electron chi connectivity index (χ0n) is 17.8. The Balaban J connectivity index is 1.40. The standard InChI is InChI=1S/C22H34N6O/c1-3-21(27-15-13-26(14-16-27)19-7-5-4-6-8-19)22-23-24-25-28(22)17-18-9-11-20(29-2)12-10-18/h9-12,19,21H,3-8,13-17H2,1-2H3/t21-/m1/s1. The van der Waals surface area contributed by atoms with Gasteiger partial charge in [0.25, 0.3) is 0 Å². The molecule has 0 radical (unpaired) electrons. The van der Waals surface area contributed by atoms with Crippen LogP contribution in [0.2, 0.25) is 0 Å². The van der Waals surface area contributed by atoms with Gasteiger partial charge in [-0.2, -0.15) is 0 Å². The van der Waals surface area contributed by atoms with Gasteiger partial charge in [-0.25, -0.2) is 4.68 Å². The smallest absolute Gasteiger partial charge is 0.168 e. The van der Waals surface area contributed by atoms with Crippen molar-refractivity contribution in [2.24, 2.45) is 0 Å². The van der Waals surface area contributed by atoms with Crippen molar-refractivity contribution >= 4 is 0 Å². The van der Waals surface area contributed by atoms with Crippen molar-refractivity contribution in [2.45, 2.75) is 64.1 Å². The first kappa shape index (κ1) is 20.3. The fraction of sp³-hybridized carbons (Fsp3) is 0.682. The van der Waals surface area contributed by atoms with Gasteiger partial charge in [0.15, 0.2) is 5.82 Å². The molecular formula is C22H34N6O. The number of hydrogen-bond donors (Lipinski definition) is 0. The number of hydrogen-bond acceptors (Lipinski definition) is 6. The van der Waals surface area contributed by atoms with Gasteiger partial charge < -0.3 is 4.74 Å². The third kappa shape index (κ3) is 4.78. The fourth-order valence-electron chi connectivity index (χ4n) is 4.93. The van der Waals surface area contributed by atoms with Gasteiger partial charge in [-0.15, -0.1) is 5.10 Å². The number of ether oxygens (including phenoxy) is 1. The largest absolute Gasteiger partial charge is 0.497 e. The molecule has 158 valence electrons. The van der Waals surface area contributed by atoms with Gasteiger partial charge in [0, 0.05) is 32.2 Å². The highest BCUT2D eigenvalue weighted by Crippen LogP contribution is 2.27. The quantitative estimate of drug-likeness (QED) is 0.714. The molecule has 1 aliphatic heterocycles. The third-order valence-electron chi connectivity index (χ3n) is 6.62. The van der Waals surface area contributed by atoms with Crippen molar-refractivity contribution in [1.82, 2.24) is 30.0 Å². The number of tetrazole rings is 1. The van der Waals surface area contributed by atoms with Gasteiger partial charge in [-0.1, -0.05) is 38.3 Å². The van der Waals surface area contributed by atoms with Crippen LogP contribution in [0, 0.1) is 0 Å². The number of methoxy groups -OCH3 is 1. The first-order valence-electron chi connectivity index (χ1n) is 11.2. The van der Waals surface area contributed by atoms with Gasteiger partial charge in [0.1, 0.15) is 5.75 Å². The van der Waals surface area contributed by atoms with Crippen molar-refractivity contribution in [3.05, 3.63) is 35.7 Å². The van der Waals surface area contributed by atoms with E-state index in [4.69, 9.17) is 4.74 Å². The van der Waals surface area contributed by atoms with Gasteiger partial charge in [-0.05, 0) is 47.4 Å². The highest BCUT2D eigenvalue weighted by molar-refractivity contribution is 5.27. The van der Waals surface area contributed by atoms with Crippen LogP contribution in [0.4, 0.5) is 0 Å². The Bertz CT molecular complexity index is 747.